The molecule has 3 aromatic rings. The van der Waals surface area contributed by atoms with Crippen molar-refractivity contribution in [3.8, 4) is 5.75 Å². The van der Waals surface area contributed by atoms with Gasteiger partial charge in [-0.1, -0.05) is 12.1 Å². The Morgan fingerprint density at radius 2 is 2.06 bits per heavy atom. The number of fused-ring (bicyclic) bond motifs is 4. The third kappa shape index (κ3) is 3.11. The van der Waals surface area contributed by atoms with Gasteiger partial charge in [-0.05, 0) is 35.9 Å². The molecule has 2 aromatic carbocycles. The molecule has 0 radical (unpaired) electrons. The van der Waals surface area contributed by atoms with Gasteiger partial charge in [0.2, 0.25) is 5.91 Å². The number of carbonyl (C=O) groups is 2. The van der Waals surface area contributed by atoms with Crippen molar-refractivity contribution in [2.24, 2.45) is 5.92 Å². The van der Waals surface area contributed by atoms with E-state index in [-0.39, 0.29) is 29.3 Å². The number of nitrogens with zero attached hydrogens (tertiary/aromatic N) is 3. The molecule has 0 saturated carbocycles. The lowest BCUT2D eigenvalue weighted by Crippen LogP contribution is -2.52. The van der Waals surface area contributed by atoms with Gasteiger partial charge in [-0.3, -0.25) is 29.6 Å². The zero-order valence-corrected chi connectivity index (χ0v) is 20.1. The number of benzene rings is 2. The maximum atomic E-state index is 14.3. The Labute approximate surface area is 211 Å². The van der Waals surface area contributed by atoms with Crippen LogP contribution in [0.5, 0.6) is 5.75 Å². The first-order valence-corrected chi connectivity index (χ1v) is 12.7. The van der Waals surface area contributed by atoms with Crippen LogP contribution in [-0.4, -0.2) is 51.3 Å². The summed E-state index contributed by atoms with van der Waals surface area (Å²) >= 11 is 1.71. The molecule has 1 aromatic heterocycles. The zero-order valence-electron chi connectivity index (χ0n) is 19.3. The topological polar surface area (TPSA) is 115 Å². The Balaban J connectivity index is 1.60. The molecular weight excluding hydrogens is 480 g/mol. The molecule has 182 valence electrons. The lowest BCUT2D eigenvalue weighted by molar-refractivity contribution is -0.384. The predicted octanol–water partition coefficient (Wildman–Crippen LogP) is 3.82. The minimum absolute atomic E-state index is 0.0204. The lowest BCUT2D eigenvalue weighted by Gasteiger charge is -2.36. The third-order valence-corrected chi connectivity index (χ3v) is 8.58. The van der Waals surface area contributed by atoms with Crippen molar-refractivity contribution in [1.82, 2.24) is 9.88 Å². The zero-order chi connectivity index (χ0) is 25.0. The molecule has 2 fully saturated rings. The number of nitro groups is 1. The van der Waals surface area contributed by atoms with Gasteiger partial charge in [-0.2, -0.15) is 0 Å². The first-order chi connectivity index (χ1) is 17.5. The molecule has 0 unspecified atom stereocenters. The van der Waals surface area contributed by atoms with Crippen molar-refractivity contribution in [3.63, 3.8) is 0 Å². The molecule has 3 aliphatic heterocycles. The number of ketones is 1. The number of hydrogen-bond acceptors (Lipinski definition) is 8. The van der Waals surface area contributed by atoms with E-state index >= 15 is 0 Å². The van der Waals surface area contributed by atoms with E-state index in [1.54, 1.807) is 55.4 Å². The van der Waals surface area contributed by atoms with Gasteiger partial charge < -0.3 is 10.1 Å². The van der Waals surface area contributed by atoms with Crippen LogP contribution in [0.25, 0.3) is 0 Å². The van der Waals surface area contributed by atoms with Crippen LogP contribution in [0.15, 0.2) is 67.0 Å². The fourth-order valence-electron chi connectivity index (χ4n) is 6.06. The standard InChI is InChI=1S/C26H22N4O5S/c1-35-18-8-9-20-19(11-18)26(25(32)28-20)23(24(31)16-3-2-10-27-12-16)22(21-13-36-14-29(21)26)15-4-6-17(7-5-15)30(33)34/h2-12,21-23H,13-14H2,1H3,(H,28,32)/t21-,22-,23+,26+/m1/s1. The van der Waals surface area contributed by atoms with E-state index in [9.17, 15) is 19.7 Å². The van der Waals surface area contributed by atoms with Crippen LogP contribution in [0.3, 0.4) is 0 Å². The van der Waals surface area contributed by atoms with Gasteiger partial charge >= 0.3 is 0 Å². The summed E-state index contributed by atoms with van der Waals surface area (Å²) < 4.78 is 5.49. The quantitative estimate of drug-likeness (QED) is 0.318. The molecule has 1 amide bonds. The van der Waals surface area contributed by atoms with Gasteiger partial charge in [0.25, 0.3) is 5.69 Å². The fourth-order valence-corrected chi connectivity index (χ4v) is 7.39. The second-order valence-electron chi connectivity index (χ2n) is 9.13. The Hall–Kier alpha value is -3.76. The number of nitro benzene ring substituents is 1. The highest BCUT2D eigenvalue weighted by molar-refractivity contribution is 7.99. The molecule has 2 saturated heterocycles. The summed E-state index contributed by atoms with van der Waals surface area (Å²) in [6.07, 6.45) is 3.13. The first kappa shape index (κ1) is 22.7. The number of rotatable bonds is 5. The summed E-state index contributed by atoms with van der Waals surface area (Å²) in [5.41, 5.74) is 1.31. The summed E-state index contributed by atoms with van der Waals surface area (Å²) in [6.45, 7) is 0. The lowest BCUT2D eigenvalue weighted by atomic mass is 9.69. The Bertz CT molecular complexity index is 1380. The number of pyridine rings is 1. The first-order valence-electron chi connectivity index (χ1n) is 11.5. The Morgan fingerprint density at radius 3 is 2.75 bits per heavy atom. The molecule has 4 heterocycles. The highest BCUT2D eigenvalue weighted by Gasteiger charge is 2.69. The van der Waals surface area contributed by atoms with Crippen LogP contribution >= 0.6 is 11.8 Å². The number of anilines is 1. The van der Waals surface area contributed by atoms with Crippen molar-refractivity contribution >= 4 is 34.8 Å². The number of nitrogens with one attached hydrogen (secondary N) is 1. The number of aromatic nitrogens is 1. The molecule has 1 N–H and O–H groups in total. The minimum atomic E-state index is -1.25. The summed E-state index contributed by atoms with van der Waals surface area (Å²) in [7, 11) is 1.57. The largest absolute Gasteiger partial charge is 0.497 e. The highest BCUT2D eigenvalue weighted by atomic mass is 32.2. The van der Waals surface area contributed by atoms with Crippen LogP contribution in [0, 0.1) is 16.0 Å². The van der Waals surface area contributed by atoms with E-state index in [1.807, 2.05) is 12.1 Å². The van der Waals surface area contributed by atoms with Gasteiger partial charge in [0.15, 0.2) is 5.78 Å². The smallest absolute Gasteiger partial charge is 0.269 e. The predicted molar refractivity (Wildman–Crippen MR) is 134 cm³/mol. The number of non-ortho nitro benzene ring substituents is 1. The molecule has 3 aliphatic rings. The van der Waals surface area contributed by atoms with Crippen LogP contribution in [0.1, 0.15) is 27.4 Å². The van der Waals surface area contributed by atoms with Crippen LogP contribution in [0.2, 0.25) is 0 Å². The average Bonchev–Trinajstić information content (AvgIpc) is 3.57. The molecule has 6 rings (SSSR count). The van der Waals surface area contributed by atoms with Crippen LogP contribution < -0.4 is 10.1 Å². The number of ether oxygens (including phenoxy) is 1. The number of methoxy groups -OCH3 is 1. The fraction of sp³-hybridized carbons (Fsp3) is 0.269. The van der Waals surface area contributed by atoms with Gasteiger partial charge in [-0.15, -0.1) is 11.8 Å². The number of Topliss-reactive ketones (excluding diaryl/α,β-unsaturated/α-hetero) is 1. The summed E-state index contributed by atoms with van der Waals surface area (Å²) in [5.74, 6) is 0.335. The molecule has 0 aliphatic carbocycles. The molecule has 9 nitrogen and oxygen atoms in total. The van der Waals surface area contributed by atoms with E-state index < -0.39 is 16.4 Å². The highest BCUT2D eigenvalue weighted by Crippen LogP contribution is 2.61. The van der Waals surface area contributed by atoms with Gasteiger partial charge in [0.05, 0.1) is 18.0 Å². The second-order valence-corrected chi connectivity index (χ2v) is 10.1. The molecule has 10 heteroatoms. The van der Waals surface area contributed by atoms with E-state index in [0.717, 1.165) is 11.3 Å². The van der Waals surface area contributed by atoms with E-state index in [2.05, 4.69) is 15.2 Å². The molecule has 36 heavy (non-hydrogen) atoms. The average molecular weight is 503 g/mol. The monoisotopic (exact) mass is 502 g/mol. The molecule has 0 bridgehead atoms. The molecular formula is C26H22N4O5S. The maximum Gasteiger partial charge on any atom is 0.269 e. The second kappa shape index (κ2) is 8.42. The van der Waals surface area contributed by atoms with E-state index in [0.29, 0.717) is 28.4 Å². The van der Waals surface area contributed by atoms with Crippen LogP contribution in [-0.2, 0) is 10.3 Å². The number of amides is 1. The van der Waals surface area contributed by atoms with Crippen molar-refractivity contribution in [3.05, 3.63) is 93.8 Å². The minimum Gasteiger partial charge on any atom is -0.497 e. The SMILES string of the molecule is COc1ccc2c(c1)[C@@]1(C(=O)N2)[C@H](C(=O)c2cccnc2)[C@H](c2ccc([N+](=O)[O-])cc2)[C@H]2CSCN21. The van der Waals surface area contributed by atoms with Crippen molar-refractivity contribution in [2.75, 3.05) is 24.1 Å². The number of thioether (sulfide) groups is 1. The Kier molecular flexibility index (Phi) is 5.31. The van der Waals surface area contributed by atoms with E-state index in [1.165, 1.54) is 18.3 Å². The molecule has 4 atom stereocenters. The summed E-state index contributed by atoms with van der Waals surface area (Å²) in [4.78, 5) is 45.5. The van der Waals surface area contributed by atoms with Gasteiger partial charge in [0.1, 0.15) is 11.3 Å². The van der Waals surface area contributed by atoms with Crippen molar-refractivity contribution < 1.29 is 19.2 Å². The van der Waals surface area contributed by atoms with Gasteiger partial charge in [0, 0.05) is 64.9 Å². The molecule has 1 spiro atoms. The summed E-state index contributed by atoms with van der Waals surface area (Å²) in [6, 6.07) is 15.1. The third-order valence-electron chi connectivity index (χ3n) is 7.55. The van der Waals surface area contributed by atoms with Crippen molar-refractivity contribution in [1.29, 1.82) is 0 Å². The normalized spacial score (nSPS) is 26.5. The maximum absolute atomic E-state index is 14.3. The van der Waals surface area contributed by atoms with Crippen molar-refractivity contribution in [2.45, 2.75) is 17.5 Å². The van der Waals surface area contributed by atoms with E-state index in [4.69, 9.17) is 4.74 Å². The summed E-state index contributed by atoms with van der Waals surface area (Å²) in [5, 5.41) is 14.3. The number of hydrogen-bond donors (Lipinski definition) is 1. The number of carbonyl (C=O) groups excluding carboxylic acids is 2. The van der Waals surface area contributed by atoms with Crippen LogP contribution in [0.4, 0.5) is 11.4 Å². The van der Waals surface area contributed by atoms with Gasteiger partial charge in [-0.25, -0.2) is 0 Å². The Morgan fingerprint density at radius 1 is 1.25 bits per heavy atom.